The van der Waals surface area contributed by atoms with E-state index < -0.39 is 18.0 Å². The predicted octanol–water partition coefficient (Wildman–Crippen LogP) is 1.23. The van der Waals surface area contributed by atoms with Gasteiger partial charge >= 0.3 is 5.97 Å². The van der Waals surface area contributed by atoms with Crippen LogP contribution < -0.4 is 5.32 Å². The molecule has 1 aromatic carbocycles. The minimum atomic E-state index is -1.18. The lowest BCUT2D eigenvalue weighted by atomic mass is 9.82. The number of aliphatic carboxylic acids is 1. The number of carbonyl (C=O) groups excluding carboxylic acids is 2. The van der Waals surface area contributed by atoms with Crippen molar-refractivity contribution >= 4 is 23.4 Å². The fourth-order valence-electron chi connectivity index (χ4n) is 3.72. The van der Waals surface area contributed by atoms with Crippen molar-refractivity contribution in [2.45, 2.75) is 38.8 Å². The summed E-state index contributed by atoms with van der Waals surface area (Å²) in [6.07, 6.45) is 0.340. The first-order valence-corrected chi connectivity index (χ1v) is 8.73. The number of carbonyl (C=O) groups is 3. The number of hydrogen-bond acceptors (Lipinski definition) is 4. The first-order valence-electron chi connectivity index (χ1n) is 8.73. The zero-order valence-corrected chi connectivity index (χ0v) is 14.7. The molecule has 3 N–H and O–H groups in total. The Balaban J connectivity index is 1.95. The van der Waals surface area contributed by atoms with Crippen molar-refractivity contribution in [3.8, 4) is 0 Å². The van der Waals surface area contributed by atoms with Crippen molar-refractivity contribution in [3.63, 3.8) is 0 Å². The van der Waals surface area contributed by atoms with Gasteiger partial charge in [-0.15, -0.1) is 0 Å². The maximum Gasteiger partial charge on any atom is 0.352 e. The lowest BCUT2D eigenvalue weighted by Crippen LogP contribution is -2.61. The van der Waals surface area contributed by atoms with E-state index in [-0.39, 0.29) is 23.6 Å². The molecular weight excluding hydrogens is 336 g/mol. The van der Waals surface area contributed by atoms with Gasteiger partial charge in [-0.2, -0.15) is 0 Å². The fourth-order valence-corrected chi connectivity index (χ4v) is 3.72. The molecular formula is C19H22N2O5. The summed E-state index contributed by atoms with van der Waals surface area (Å²) < 4.78 is 0. The summed E-state index contributed by atoms with van der Waals surface area (Å²) in [5.74, 6) is -2.35. The molecule has 7 nitrogen and oxygen atoms in total. The number of aliphatic hydroxyl groups excluding tert-OH is 1. The molecule has 1 fully saturated rings. The molecule has 0 aromatic heterocycles. The van der Waals surface area contributed by atoms with Gasteiger partial charge in [0.1, 0.15) is 5.70 Å². The van der Waals surface area contributed by atoms with Gasteiger partial charge in [0.15, 0.2) is 0 Å². The van der Waals surface area contributed by atoms with Crippen molar-refractivity contribution in [2.24, 2.45) is 5.92 Å². The van der Waals surface area contributed by atoms with Crippen LogP contribution in [0.15, 0.2) is 30.0 Å². The smallest absolute Gasteiger partial charge is 0.352 e. The topological polar surface area (TPSA) is 107 Å². The van der Waals surface area contributed by atoms with Crippen molar-refractivity contribution in [2.75, 3.05) is 6.54 Å². The molecule has 3 atom stereocenters. The lowest BCUT2D eigenvalue weighted by Gasteiger charge is -2.44. The average Bonchev–Trinajstić information content (AvgIpc) is 2.94. The molecule has 0 radical (unpaired) electrons. The largest absolute Gasteiger partial charge is 0.477 e. The number of rotatable bonds is 6. The van der Waals surface area contributed by atoms with E-state index in [2.05, 4.69) is 5.32 Å². The van der Waals surface area contributed by atoms with Crippen molar-refractivity contribution in [1.29, 1.82) is 0 Å². The highest BCUT2D eigenvalue weighted by Gasteiger charge is 2.56. The Labute approximate surface area is 151 Å². The number of nitrogens with zero attached hydrogens (tertiary/aromatic N) is 1. The van der Waals surface area contributed by atoms with Crippen LogP contribution in [0.1, 0.15) is 42.6 Å². The predicted molar refractivity (Wildman–Crippen MR) is 94.0 cm³/mol. The summed E-state index contributed by atoms with van der Waals surface area (Å²) in [4.78, 5) is 37.5. The van der Waals surface area contributed by atoms with Crippen molar-refractivity contribution < 1.29 is 24.6 Å². The highest BCUT2D eigenvalue weighted by Crippen LogP contribution is 2.46. The third-order valence-electron chi connectivity index (χ3n) is 4.94. The number of carboxylic acid groups (broad SMARTS) is 1. The van der Waals surface area contributed by atoms with Crippen LogP contribution in [0.3, 0.4) is 0 Å². The van der Waals surface area contributed by atoms with Crippen LogP contribution in [-0.4, -0.2) is 51.6 Å². The maximum atomic E-state index is 12.3. The third kappa shape index (κ3) is 2.88. The van der Waals surface area contributed by atoms with Gasteiger partial charge in [0.25, 0.3) is 5.91 Å². The number of carboxylic acids is 1. The zero-order chi connectivity index (χ0) is 19.0. The van der Waals surface area contributed by atoms with Crippen molar-refractivity contribution in [3.05, 3.63) is 41.1 Å². The van der Waals surface area contributed by atoms with Gasteiger partial charge in [0, 0.05) is 12.1 Å². The van der Waals surface area contributed by atoms with Gasteiger partial charge in [-0.1, -0.05) is 19.1 Å². The van der Waals surface area contributed by atoms with Gasteiger partial charge in [0.05, 0.1) is 18.1 Å². The zero-order valence-electron chi connectivity index (χ0n) is 14.7. The summed E-state index contributed by atoms with van der Waals surface area (Å²) >= 11 is 0. The first-order chi connectivity index (χ1) is 12.4. The second kappa shape index (κ2) is 6.92. The average molecular weight is 358 g/mol. The van der Waals surface area contributed by atoms with Gasteiger partial charge < -0.3 is 20.4 Å². The Morgan fingerprint density at radius 1 is 1.38 bits per heavy atom. The quantitative estimate of drug-likeness (QED) is 0.663. The molecule has 138 valence electrons. The van der Waals surface area contributed by atoms with E-state index in [1.165, 1.54) is 11.8 Å². The first kappa shape index (κ1) is 18.1. The highest BCUT2D eigenvalue weighted by atomic mass is 16.4. The Bertz CT molecular complexity index is 799. The molecule has 26 heavy (non-hydrogen) atoms. The molecule has 0 aliphatic carbocycles. The number of benzene rings is 1. The molecule has 3 rings (SSSR count). The molecule has 2 amide bonds. The van der Waals surface area contributed by atoms with Crippen LogP contribution in [0.2, 0.25) is 0 Å². The number of hydrogen-bond donors (Lipinski definition) is 3. The van der Waals surface area contributed by atoms with E-state index in [1.807, 2.05) is 6.92 Å². The number of nitrogens with one attached hydrogen (secondary N) is 1. The highest BCUT2D eigenvalue weighted by molar-refractivity contribution is 6.06. The standard InChI is InChI=1S/C19H22N2O5/c1-3-7-20-17(23)12-6-4-5-11(8-12)13-9-14-15(10(2)22)18(24)21(14)16(13)19(25)26/h4-6,8,10,14-15,22H,3,7,9H2,1-2H3,(H,20,23)(H,25,26)/t10-,14-,15-/m1/s1. The summed E-state index contributed by atoms with van der Waals surface area (Å²) in [7, 11) is 0. The summed E-state index contributed by atoms with van der Waals surface area (Å²) in [5.41, 5.74) is 1.52. The van der Waals surface area contributed by atoms with E-state index in [4.69, 9.17) is 0 Å². The molecule has 1 saturated heterocycles. The molecule has 0 saturated carbocycles. The summed E-state index contributed by atoms with van der Waals surface area (Å²) in [5, 5.41) is 22.2. The molecule has 2 heterocycles. The van der Waals surface area contributed by atoms with Crippen LogP contribution in [0.4, 0.5) is 0 Å². The number of amides is 2. The molecule has 1 aromatic rings. The number of aliphatic hydroxyl groups is 1. The molecule has 2 aliphatic heterocycles. The molecule has 0 unspecified atom stereocenters. The Morgan fingerprint density at radius 3 is 2.73 bits per heavy atom. The van der Waals surface area contributed by atoms with Gasteiger partial charge in [-0.3, -0.25) is 9.59 Å². The summed E-state index contributed by atoms with van der Waals surface area (Å²) in [6, 6.07) is 6.41. The van der Waals surface area contributed by atoms with E-state index in [9.17, 15) is 24.6 Å². The summed E-state index contributed by atoms with van der Waals surface area (Å²) in [6.45, 7) is 4.06. The number of fused-ring (bicyclic) bond motifs is 1. The van der Waals surface area contributed by atoms with Gasteiger partial charge in [-0.05, 0) is 43.0 Å². The number of β-lactam (4-membered cyclic amide) rings is 1. The van der Waals surface area contributed by atoms with Crippen LogP contribution in [0.25, 0.3) is 5.57 Å². The lowest BCUT2D eigenvalue weighted by molar-refractivity contribution is -0.161. The molecule has 7 heteroatoms. The Morgan fingerprint density at radius 2 is 2.12 bits per heavy atom. The third-order valence-corrected chi connectivity index (χ3v) is 4.94. The van der Waals surface area contributed by atoms with E-state index in [0.29, 0.717) is 29.7 Å². The molecule has 0 spiro atoms. The maximum absolute atomic E-state index is 12.3. The van der Waals surface area contributed by atoms with Crippen LogP contribution in [-0.2, 0) is 9.59 Å². The molecule has 0 bridgehead atoms. The minimum Gasteiger partial charge on any atom is -0.477 e. The Kier molecular flexibility index (Phi) is 4.82. The van der Waals surface area contributed by atoms with Crippen molar-refractivity contribution in [1.82, 2.24) is 10.2 Å². The van der Waals surface area contributed by atoms with Crippen LogP contribution in [0.5, 0.6) is 0 Å². The normalized spacial score (nSPS) is 22.7. The monoisotopic (exact) mass is 358 g/mol. The van der Waals surface area contributed by atoms with E-state index in [0.717, 1.165) is 6.42 Å². The van der Waals surface area contributed by atoms with Gasteiger partial charge in [-0.25, -0.2) is 4.79 Å². The Hall–Kier alpha value is -2.67. The fraction of sp³-hybridized carbons (Fsp3) is 0.421. The second-order valence-corrected chi connectivity index (χ2v) is 6.72. The van der Waals surface area contributed by atoms with Crippen LogP contribution in [0, 0.1) is 5.92 Å². The van der Waals surface area contributed by atoms with Gasteiger partial charge in [0.2, 0.25) is 5.91 Å². The van der Waals surface area contributed by atoms with E-state index in [1.54, 1.807) is 24.3 Å². The van der Waals surface area contributed by atoms with E-state index >= 15 is 0 Å². The van der Waals surface area contributed by atoms with Crippen LogP contribution >= 0.6 is 0 Å². The SMILES string of the molecule is CCCNC(=O)c1cccc(C2=C(C(=O)O)N3C(=O)[C@H]([C@@H](C)O)[C@H]3C2)c1. The minimum absolute atomic E-state index is 0.0528. The second-order valence-electron chi connectivity index (χ2n) is 6.72. The molecule has 2 aliphatic rings.